The van der Waals surface area contributed by atoms with Crippen LogP contribution >= 0.6 is 11.6 Å². The van der Waals surface area contributed by atoms with Crippen LogP contribution in [0.3, 0.4) is 0 Å². The maximum absolute atomic E-state index is 11.9. The van der Waals surface area contributed by atoms with Crippen LogP contribution in [-0.2, 0) is 9.53 Å². The maximum atomic E-state index is 11.9. The number of nitrogen functional groups attached to an aromatic ring is 1. The molecular weight excluding hydrogens is 264 g/mol. The van der Waals surface area contributed by atoms with Crippen molar-refractivity contribution in [3.05, 3.63) is 23.2 Å². The van der Waals surface area contributed by atoms with E-state index in [0.29, 0.717) is 34.8 Å². The Kier molecular flexibility index (Phi) is 4.66. The van der Waals surface area contributed by atoms with Gasteiger partial charge in [0.05, 0.1) is 16.8 Å². The van der Waals surface area contributed by atoms with Crippen LogP contribution in [0.25, 0.3) is 0 Å². The van der Waals surface area contributed by atoms with E-state index in [-0.39, 0.29) is 5.91 Å². The third kappa shape index (κ3) is 3.85. The molecule has 0 atom stereocenters. The van der Waals surface area contributed by atoms with Crippen LogP contribution in [0, 0.1) is 5.92 Å². The monoisotopic (exact) mass is 282 g/mol. The van der Waals surface area contributed by atoms with Gasteiger partial charge in [-0.15, -0.1) is 0 Å². The molecule has 0 radical (unpaired) electrons. The minimum atomic E-state index is 0.0146. The van der Waals surface area contributed by atoms with Crippen LogP contribution in [0.15, 0.2) is 18.2 Å². The van der Waals surface area contributed by atoms with Crippen molar-refractivity contribution in [2.24, 2.45) is 5.92 Å². The Morgan fingerprint density at radius 1 is 1.53 bits per heavy atom. The summed E-state index contributed by atoms with van der Waals surface area (Å²) in [5.74, 6) is 0.446. The van der Waals surface area contributed by atoms with Crippen molar-refractivity contribution in [2.75, 3.05) is 17.7 Å². The molecule has 0 spiro atoms. The van der Waals surface area contributed by atoms with E-state index in [1.54, 1.807) is 18.2 Å². The highest BCUT2D eigenvalue weighted by Crippen LogP contribution is 2.33. The van der Waals surface area contributed by atoms with Gasteiger partial charge in [-0.2, -0.15) is 0 Å². The van der Waals surface area contributed by atoms with Gasteiger partial charge in [-0.05, 0) is 43.9 Å². The van der Waals surface area contributed by atoms with E-state index in [1.807, 2.05) is 6.92 Å². The lowest BCUT2D eigenvalue weighted by Crippen LogP contribution is -2.33. The molecule has 0 aromatic heterocycles. The number of rotatable bonds is 5. The van der Waals surface area contributed by atoms with Gasteiger partial charge < -0.3 is 15.8 Å². The molecule has 3 N–H and O–H groups in total. The van der Waals surface area contributed by atoms with Crippen LogP contribution in [0.4, 0.5) is 11.4 Å². The molecule has 1 amide bonds. The fraction of sp³-hybridized carbons (Fsp3) is 0.500. The van der Waals surface area contributed by atoms with E-state index in [4.69, 9.17) is 22.1 Å². The second kappa shape index (κ2) is 6.26. The van der Waals surface area contributed by atoms with Crippen molar-refractivity contribution in [1.82, 2.24) is 0 Å². The van der Waals surface area contributed by atoms with E-state index in [0.717, 1.165) is 19.4 Å². The van der Waals surface area contributed by atoms with Gasteiger partial charge in [0.15, 0.2) is 0 Å². The van der Waals surface area contributed by atoms with Crippen LogP contribution in [0.2, 0.25) is 5.02 Å². The number of ether oxygens (including phenoxy) is 1. The third-order valence-corrected chi connectivity index (χ3v) is 3.68. The van der Waals surface area contributed by atoms with Crippen LogP contribution in [-0.4, -0.2) is 18.6 Å². The smallest absolute Gasteiger partial charge is 0.224 e. The Morgan fingerprint density at radius 2 is 2.26 bits per heavy atom. The fourth-order valence-electron chi connectivity index (χ4n) is 2.29. The maximum Gasteiger partial charge on any atom is 0.224 e. The number of halogens is 1. The number of amides is 1. The fourth-order valence-corrected chi connectivity index (χ4v) is 2.47. The Labute approximate surface area is 118 Å². The summed E-state index contributed by atoms with van der Waals surface area (Å²) in [6.45, 7) is 2.73. The largest absolute Gasteiger partial charge is 0.398 e. The predicted molar refractivity (Wildman–Crippen MR) is 77.2 cm³/mol. The van der Waals surface area contributed by atoms with Gasteiger partial charge in [-0.25, -0.2) is 0 Å². The zero-order valence-corrected chi connectivity index (χ0v) is 11.7. The van der Waals surface area contributed by atoms with Gasteiger partial charge in [0, 0.05) is 18.7 Å². The molecule has 2 rings (SSSR count). The van der Waals surface area contributed by atoms with Crippen molar-refractivity contribution < 1.29 is 9.53 Å². The summed E-state index contributed by atoms with van der Waals surface area (Å²) in [5.41, 5.74) is 6.81. The quantitative estimate of drug-likeness (QED) is 0.816. The van der Waals surface area contributed by atoms with E-state index >= 15 is 0 Å². The van der Waals surface area contributed by atoms with Gasteiger partial charge in [0.25, 0.3) is 0 Å². The van der Waals surface area contributed by atoms with Crippen molar-refractivity contribution in [2.45, 2.75) is 32.3 Å². The van der Waals surface area contributed by atoms with Gasteiger partial charge in [-0.3, -0.25) is 4.79 Å². The molecule has 1 saturated carbocycles. The van der Waals surface area contributed by atoms with Crippen LogP contribution in [0.1, 0.15) is 26.2 Å². The molecule has 1 aromatic rings. The number of carbonyl (C=O) groups is 1. The second-order valence-corrected chi connectivity index (χ2v) is 5.31. The lowest BCUT2D eigenvalue weighted by atomic mass is 9.80. The lowest BCUT2D eigenvalue weighted by molar-refractivity contribution is -0.119. The Bertz CT molecular complexity index is 459. The van der Waals surface area contributed by atoms with Crippen molar-refractivity contribution in [3.8, 4) is 0 Å². The standard InChI is InChI=1S/C14H19ClN2O2/c1-2-19-11-5-9(6-11)7-14(18)17-10-3-4-13(16)12(15)8-10/h3-4,8-9,11H,2,5-7,16H2,1H3,(H,17,18). The molecule has 5 heteroatoms. The molecular formula is C14H19ClN2O2. The van der Waals surface area contributed by atoms with Crippen molar-refractivity contribution >= 4 is 28.9 Å². The number of anilines is 2. The molecule has 0 aliphatic heterocycles. The van der Waals surface area contributed by atoms with Crippen molar-refractivity contribution in [3.63, 3.8) is 0 Å². The molecule has 19 heavy (non-hydrogen) atoms. The summed E-state index contributed by atoms with van der Waals surface area (Å²) in [7, 11) is 0. The van der Waals surface area contributed by atoms with E-state index in [1.165, 1.54) is 0 Å². The average Bonchev–Trinajstić information content (AvgIpc) is 2.31. The molecule has 0 heterocycles. The first kappa shape index (κ1) is 14.2. The summed E-state index contributed by atoms with van der Waals surface area (Å²) in [6.07, 6.45) is 2.83. The minimum absolute atomic E-state index is 0.0146. The molecule has 104 valence electrons. The van der Waals surface area contributed by atoms with Crippen LogP contribution in [0.5, 0.6) is 0 Å². The number of carbonyl (C=O) groups excluding carboxylic acids is 1. The molecule has 1 aliphatic carbocycles. The summed E-state index contributed by atoms with van der Waals surface area (Å²) in [4.78, 5) is 11.9. The van der Waals surface area contributed by atoms with Gasteiger partial charge in [0.1, 0.15) is 0 Å². The molecule has 1 aromatic carbocycles. The summed E-state index contributed by atoms with van der Waals surface area (Å²) < 4.78 is 5.47. The molecule has 1 aliphatic rings. The Morgan fingerprint density at radius 3 is 2.89 bits per heavy atom. The molecule has 0 unspecified atom stereocenters. The highest BCUT2D eigenvalue weighted by atomic mass is 35.5. The van der Waals surface area contributed by atoms with Crippen molar-refractivity contribution in [1.29, 1.82) is 0 Å². The molecule has 4 nitrogen and oxygen atoms in total. The highest BCUT2D eigenvalue weighted by Gasteiger charge is 2.30. The molecule has 1 fully saturated rings. The first-order chi connectivity index (χ1) is 9.08. The van der Waals surface area contributed by atoms with Crippen LogP contribution < -0.4 is 11.1 Å². The SMILES string of the molecule is CCOC1CC(CC(=O)Nc2ccc(N)c(Cl)c2)C1. The predicted octanol–water partition coefficient (Wildman–Crippen LogP) is 3.07. The normalized spacial score (nSPS) is 21.8. The van der Waals surface area contributed by atoms with Gasteiger partial charge >= 0.3 is 0 Å². The van der Waals surface area contributed by atoms with E-state index < -0.39 is 0 Å². The topological polar surface area (TPSA) is 64.3 Å². The summed E-state index contributed by atoms with van der Waals surface area (Å²) >= 11 is 5.90. The Hall–Kier alpha value is -1.26. The van der Waals surface area contributed by atoms with E-state index in [2.05, 4.69) is 5.32 Å². The number of nitrogens with two attached hydrogens (primary N) is 1. The minimum Gasteiger partial charge on any atom is -0.398 e. The molecule has 0 saturated heterocycles. The zero-order chi connectivity index (χ0) is 13.8. The Balaban J connectivity index is 1.77. The summed E-state index contributed by atoms with van der Waals surface area (Å²) in [6, 6.07) is 5.11. The second-order valence-electron chi connectivity index (χ2n) is 4.90. The first-order valence-corrected chi connectivity index (χ1v) is 6.92. The average molecular weight is 283 g/mol. The number of nitrogens with one attached hydrogen (secondary N) is 1. The number of benzene rings is 1. The molecule has 0 bridgehead atoms. The first-order valence-electron chi connectivity index (χ1n) is 6.55. The lowest BCUT2D eigenvalue weighted by Gasteiger charge is -2.34. The number of hydrogen-bond donors (Lipinski definition) is 2. The zero-order valence-electron chi connectivity index (χ0n) is 11.0. The third-order valence-electron chi connectivity index (χ3n) is 3.35. The highest BCUT2D eigenvalue weighted by molar-refractivity contribution is 6.33. The summed E-state index contributed by atoms with van der Waals surface area (Å²) in [5, 5.41) is 3.29. The van der Waals surface area contributed by atoms with E-state index in [9.17, 15) is 4.79 Å². The van der Waals surface area contributed by atoms with Gasteiger partial charge in [-0.1, -0.05) is 11.6 Å². The number of hydrogen-bond acceptors (Lipinski definition) is 3. The van der Waals surface area contributed by atoms with Gasteiger partial charge in [0.2, 0.25) is 5.91 Å².